The Balaban J connectivity index is 2.44. The second kappa shape index (κ2) is 4.42. The molecule has 1 heterocycles. The smallest absolute Gasteiger partial charge is 0.185 e. The van der Waals surface area contributed by atoms with Crippen molar-refractivity contribution < 1.29 is 24.8 Å². The Morgan fingerprint density at radius 2 is 1.82 bits per heavy atom. The fraction of sp³-hybridized carbons (Fsp3) is 0.364. The molecule has 0 spiro atoms. The van der Waals surface area contributed by atoms with Gasteiger partial charge in [0.25, 0.3) is 0 Å². The number of aliphatic hydroxyl groups is 4. The van der Waals surface area contributed by atoms with Gasteiger partial charge in [0.1, 0.15) is 30.2 Å². The molecule has 92 valence electrons. The van der Waals surface area contributed by atoms with Crippen molar-refractivity contribution in [2.75, 3.05) is 0 Å². The monoisotopic (exact) mass is 240 g/mol. The predicted molar refractivity (Wildman–Crippen MR) is 57.0 cm³/mol. The van der Waals surface area contributed by atoms with Crippen LogP contribution < -0.4 is 5.43 Å². The zero-order valence-corrected chi connectivity index (χ0v) is 8.72. The number of rotatable bonds is 1. The van der Waals surface area contributed by atoms with Crippen molar-refractivity contribution in [3.63, 3.8) is 0 Å². The minimum Gasteiger partial charge on any atom is -0.464 e. The maximum atomic E-state index is 11.1. The van der Waals surface area contributed by atoms with E-state index in [1.807, 2.05) is 0 Å². The molecular weight excluding hydrogens is 228 g/mol. The van der Waals surface area contributed by atoms with Crippen LogP contribution in [-0.4, -0.2) is 44.8 Å². The third-order valence-corrected chi connectivity index (χ3v) is 2.68. The Kier molecular flexibility index (Phi) is 3.12. The van der Waals surface area contributed by atoms with Gasteiger partial charge in [0, 0.05) is 17.7 Å². The molecule has 0 bridgehead atoms. The molecular formula is C11H12O6. The fourth-order valence-electron chi connectivity index (χ4n) is 1.72. The molecule has 1 aliphatic rings. The summed E-state index contributed by atoms with van der Waals surface area (Å²) in [6.07, 6.45) is -3.44. The summed E-state index contributed by atoms with van der Waals surface area (Å²) in [6.45, 7) is 0. The molecule has 0 fully saturated rings. The van der Waals surface area contributed by atoms with Crippen LogP contribution in [0.15, 0.2) is 33.7 Å². The quantitative estimate of drug-likeness (QED) is 0.474. The van der Waals surface area contributed by atoms with Gasteiger partial charge in [-0.1, -0.05) is 0 Å². The molecule has 6 heteroatoms. The minimum atomic E-state index is -1.53. The van der Waals surface area contributed by atoms with Crippen molar-refractivity contribution in [3.8, 4) is 0 Å². The van der Waals surface area contributed by atoms with Gasteiger partial charge < -0.3 is 24.8 Å². The molecule has 4 N–H and O–H groups in total. The summed E-state index contributed by atoms with van der Waals surface area (Å²) in [6, 6.07) is 2.33. The van der Waals surface area contributed by atoms with Crippen LogP contribution in [0.25, 0.3) is 5.57 Å². The average Bonchev–Trinajstić information content (AvgIpc) is 2.31. The lowest BCUT2D eigenvalue weighted by Crippen LogP contribution is -2.47. The maximum Gasteiger partial charge on any atom is 0.185 e. The zero-order valence-electron chi connectivity index (χ0n) is 8.72. The Bertz CT molecular complexity index is 491. The Hall–Kier alpha value is -1.47. The van der Waals surface area contributed by atoms with E-state index < -0.39 is 24.4 Å². The van der Waals surface area contributed by atoms with E-state index in [0.717, 1.165) is 18.4 Å². The second-order valence-electron chi connectivity index (χ2n) is 3.87. The van der Waals surface area contributed by atoms with Gasteiger partial charge in [0.15, 0.2) is 5.43 Å². The van der Waals surface area contributed by atoms with Crippen LogP contribution in [0, 0.1) is 0 Å². The highest BCUT2D eigenvalue weighted by molar-refractivity contribution is 5.67. The maximum absolute atomic E-state index is 11.1. The number of hydrogen-bond acceptors (Lipinski definition) is 6. The largest absolute Gasteiger partial charge is 0.464 e. The highest BCUT2D eigenvalue weighted by Crippen LogP contribution is 2.27. The number of aliphatic hydroxyl groups excluding tert-OH is 4. The van der Waals surface area contributed by atoms with Crippen molar-refractivity contribution in [1.82, 2.24) is 0 Å². The van der Waals surface area contributed by atoms with Gasteiger partial charge in [-0.2, -0.15) is 0 Å². The molecule has 4 atom stereocenters. The molecule has 0 aromatic carbocycles. The van der Waals surface area contributed by atoms with Gasteiger partial charge in [0.2, 0.25) is 0 Å². The van der Waals surface area contributed by atoms with E-state index in [9.17, 15) is 25.2 Å². The van der Waals surface area contributed by atoms with E-state index in [1.54, 1.807) is 0 Å². The molecule has 1 aliphatic carbocycles. The van der Waals surface area contributed by atoms with Crippen molar-refractivity contribution >= 4 is 5.57 Å². The van der Waals surface area contributed by atoms with Crippen LogP contribution in [0.2, 0.25) is 0 Å². The molecule has 6 nitrogen and oxygen atoms in total. The predicted octanol–water partition coefficient (Wildman–Crippen LogP) is -1.52. The van der Waals surface area contributed by atoms with Gasteiger partial charge in [-0.3, -0.25) is 4.79 Å². The van der Waals surface area contributed by atoms with Crippen molar-refractivity contribution in [1.29, 1.82) is 0 Å². The van der Waals surface area contributed by atoms with E-state index in [2.05, 4.69) is 0 Å². The van der Waals surface area contributed by atoms with E-state index in [0.29, 0.717) is 0 Å². The lowest BCUT2D eigenvalue weighted by molar-refractivity contribution is -0.0850. The Labute approximate surface area is 96.1 Å². The normalized spacial score (nSPS) is 33.3. The van der Waals surface area contributed by atoms with Crippen LogP contribution in [0.4, 0.5) is 0 Å². The molecule has 2 rings (SSSR count). The first-order chi connectivity index (χ1) is 8.00. The average molecular weight is 240 g/mol. The van der Waals surface area contributed by atoms with Crippen LogP contribution >= 0.6 is 0 Å². The van der Waals surface area contributed by atoms with Gasteiger partial charge in [0.05, 0.1) is 6.26 Å². The SMILES string of the molecule is O=c1ccoc(C2=C[C@H](O)[C@H](O)[C@@H](O)[C@H]2O)c1. The minimum absolute atomic E-state index is 0.0509. The third kappa shape index (κ3) is 2.16. The van der Waals surface area contributed by atoms with E-state index in [4.69, 9.17) is 4.42 Å². The molecule has 0 radical (unpaired) electrons. The third-order valence-electron chi connectivity index (χ3n) is 2.68. The lowest BCUT2D eigenvalue weighted by Gasteiger charge is -2.31. The summed E-state index contributed by atoms with van der Waals surface area (Å²) in [7, 11) is 0. The van der Waals surface area contributed by atoms with Crippen molar-refractivity contribution in [2.45, 2.75) is 24.4 Å². The van der Waals surface area contributed by atoms with Crippen LogP contribution in [0.5, 0.6) is 0 Å². The van der Waals surface area contributed by atoms with Gasteiger partial charge >= 0.3 is 0 Å². The first kappa shape index (κ1) is 12.0. The van der Waals surface area contributed by atoms with Crippen molar-refractivity contribution in [3.05, 3.63) is 40.5 Å². The summed E-state index contributed by atoms with van der Waals surface area (Å²) >= 11 is 0. The molecule has 1 aromatic rings. The summed E-state index contributed by atoms with van der Waals surface area (Å²) in [5, 5.41) is 38.0. The highest BCUT2D eigenvalue weighted by Gasteiger charge is 2.37. The summed E-state index contributed by atoms with van der Waals surface area (Å²) in [5.74, 6) is 0.0509. The zero-order chi connectivity index (χ0) is 12.6. The van der Waals surface area contributed by atoms with Gasteiger partial charge in [-0.05, 0) is 6.08 Å². The van der Waals surface area contributed by atoms with Crippen molar-refractivity contribution in [2.24, 2.45) is 0 Å². The molecule has 0 saturated heterocycles. The molecule has 0 unspecified atom stereocenters. The van der Waals surface area contributed by atoms with E-state index >= 15 is 0 Å². The van der Waals surface area contributed by atoms with Gasteiger partial charge in [-0.25, -0.2) is 0 Å². The first-order valence-electron chi connectivity index (χ1n) is 5.04. The van der Waals surface area contributed by atoms with E-state index in [-0.39, 0.29) is 16.8 Å². The van der Waals surface area contributed by atoms with Crippen LogP contribution in [0.3, 0.4) is 0 Å². The van der Waals surface area contributed by atoms with Gasteiger partial charge in [-0.15, -0.1) is 0 Å². The fourth-order valence-corrected chi connectivity index (χ4v) is 1.72. The highest BCUT2D eigenvalue weighted by atomic mass is 16.4. The number of hydrogen-bond donors (Lipinski definition) is 4. The molecule has 1 aromatic heterocycles. The van der Waals surface area contributed by atoms with Crippen LogP contribution in [-0.2, 0) is 0 Å². The Morgan fingerprint density at radius 3 is 2.47 bits per heavy atom. The standard InChI is InChI=1S/C11H12O6/c12-5-1-2-17-8(3-5)6-4-7(13)10(15)11(16)9(6)14/h1-4,7,9-11,13-16H/t7-,9-,10-,11-/m0/s1. The van der Waals surface area contributed by atoms with E-state index in [1.165, 1.54) is 6.07 Å². The molecule has 0 aliphatic heterocycles. The Morgan fingerprint density at radius 1 is 1.12 bits per heavy atom. The second-order valence-corrected chi connectivity index (χ2v) is 3.87. The lowest BCUT2D eigenvalue weighted by atomic mass is 9.88. The summed E-state index contributed by atoms with van der Waals surface area (Å²) < 4.78 is 5.02. The molecule has 0 saturated carbocycles. The molecule has 17 heavy (non-hydrogen) atoms. The van der Waals surface area contributed by atoms with Crippen LogP contribution in [0.1, 0.15) is 5.76 Å². The topological polar surface area (TPSA) is 111 Å². The summed E-state index contributed by atoms with van der Waals surface area (Å²) in [5.41, 5.74) is -0.248. The summed E-state index contributed by atoms with van der Waals surface area (Å²) in [4.78, 5) is 11.1. The first-order valence-corrected chi connectivity index (χ1v) is 5.04. The molecule has 0 amide bonds.